The second-order valence-electron chi connectivity index (χ2n) is 6.73. The Morgan fingerprint density at radius 1 is 0.700 bits per heavy atom. The Bertz CT molecular complexity index is 1140. The van der Waals surface area contributed by atoms with E-state index in [0.29, 0.717) is 5.82 Å². The molecule has 0 aliphatic heterocycles. The minimum atomic E-state index is 0.679. The zero-order chi connectivity index (χ0) is 20.9. The minimum absolute atomic E-state index is 0.679. The van der Waals surface area contributed by atoms with Gasteiger partial charge in [-0.25, -0.2) is 9.97 Å². The van der Waals surface area contributed by atoms with Gasteiger partial charge >= 0.3 is 0 Å². The van der Waals surface area contributed by atoms with E-state index in [1.165, 1.54) is 0 Å². The van der Waals surface area contributed by atoms with Gasteiger partial charge in [0.1, 0.15) is 23.1 Å². The van der Waals surface area contributed by atoms with Crippen molar-refractivity contribution < 1.29 is 9.47 Å². The zero-order valence-corrected chi connectivity index (χ0v) is 17.1. The molecule has 2 aromatic heterocycles. The molecule has 0 aliphatic rings. The molecule has 0 fully saturated rings. The molecule has 4 rings (SSSR count). The third-order valence-corrected chi connectivity index (χ3v) is 4.66. The lowest BCUT2D eigenvalue weighted by molar-refractivity contribution is 0.415. The number of hydrogen-bond donors (Lipinski definition) is 1. The lowest BCUT2D eigenvalue weighted by Crippen LogP contribution is -1.99. The van der Waals surface area contributed by atoms with Gasteiger partial charge in [0.25, 0.3) is 0 Å². The summed E-state index contributed by atoms with van der Waals surface area (Å²) in [7, 11) is 3.31. The van der Waals surface area contributed by atoms with E-state index in [9.17, 15) is 0 Å². The monoisotopic (exact) mass is 398 g/mol. The van der Waals surface area contributed by atoms with E-state index >= 15 is 0 Å². The molecular weight excluding hydrogens is 376 g/mol. The van der Waals surface area contributed by atoms with E-state index in [1.54, 1.807) is 14.2 Å². The molecule has 0 bridgehead atoms. The fourth-order valence-electron chi connectivity index (χ4n) is 3.12. The smallest absolute Gasteiger partial charge is 0.134 e. The fraction of sp³-hybridized carbons (Fsp3) is 0.125. The SMILES string of the molecule is COc1ccc(Nc2cc(-c3cncc(-c4ccc(OC)cc4)c3)nc(C)n2)cc1. The quantitative estimate of drug-likeness (QED) is 0.477. The molecule has 0 atom stereocenters. The molecule has 0 amide bonds. The summed E-state index contributed by atoms with van der Waals surface area (Å²) in [6.07, 6.45) is 3.65. The van der Waals surface area contributed by atoms with E-state index in [1.807, 2.05) is 73.9 Å². The van der Waals surface area contributed by atoms with Crippen LogP contribution in [0.5, 0.6) is 11.5 Å². The highest BCUT2D eigenvalue weighted by atomic mass is 16.5. The highest BCUT2D eigenvalue weighted by molar-refractivity contribution is 5.72. The van der Waals surface area contributed by atoms with Crippen LogP contribution in [0.2, 0.25) is 0 Å². The molecule has 30 heavy (non-hydrogen) atoms. The average molecular weight is 398 g/mol. The zero-order valence-electron chi connectivity index (χ0n) is 17.1. The molecule has 0 saturated heterocycles. The van der Waals surface area contributed by atoms with Gasteiger partial charge < -0.3 is 14.8 Å². The van der Waals surface area contributed by atoms with Crippen LogP contribution in [0, 0.1) is 6.92 Å². The largest absolute Gasteiger partial charge is 0.497 e. The summed E-state index contributed by atoms with van der Waals surface area (Å²) < 4.78 is 10.4. The van der Waals surface area contributed by atoms with E-state index in [2.05, 4.69) is 26.3 Å². The van der Waals surface area contributed by atoms with Crippen LogP contribution in [0.25, 0.3) is 22.4 Å². The van der Waals surface area contributed by atoms with Gasteiger partial charge in [0.05, 0.1) is 19.9 Å². The molecule has 0 saturated carbocycles. The summed E-state index contributed by atoms with van der Waals surface area (Å²) in [6.45, 7) is 1.88. The number of benzene rings is 2. The van der Waals surface area contributed by atoms with Crippen molar-refractivity contribution in [1.29, 1.82) is 0 Å². The molecule has 0 spiro atoms. The van der Waals surface area contributed by atoms with Crippen molar-refractivity contribution in [2.75, 3.05) is 19.5 Å². The van der Waals surface area contributed by atoms with Gasteiger partial charge in [0.2, 0.25) is 0 Å². The molecular formula is C24H22N4O2. The van der Waals surface area contributed by atoms with Gasteiger partial charge in [-0.3, -0.25) is 4.98 Å². The number of nitrogens with one attached hydrogen (secondary N) is 1. The molecule has 0 unspecified atom stereocenters. The Morgan fingerprint density at radius 3 is 2.00 bits per heavy atom. The van der Waals surface area contributed by atoms with Crippen LogP contribution in [0.4, 0.5) is 11.5 Å². The first-order valence-electron chi connectivity index (χ1n) is 9.51. The second kappa shape index (κ2) is 8.61. The minimum Gasteiger partial charge on any atom is -0.497 e. The first kappa shape index (κ1) is 19.4. The lowest BCUT2D eigenvalue weighted by Gasteiger charge is -2.10. The van der Waals surface area contributed by atoms with Crippen molar-refractivity contribution in [3.8, 4) is 33.9 Å². The predicted octanol–water partition coefficient (Wildman–Crippen LogP) is 5.27. The molecule has 150 valence electrons. The highest BCUT2D eigenvalue weighted by Gasteiger charge is 2.08. The van der Waals surface area contributed by atoms with Crippen molar-refractivity contribution in [1.82, 2.24) is 15.0 Å². The Hall–Kier alpha value is -3.93. The third kappa shape index (κ3) is 4.38. The van der Waals surface area contributed by atoms with Gasteiger partial charge in [-0.2, -0.15) is 0 Å². The Balaban J connectivity index is 1.63. The van der Waals surface area contributed by atoms with Gasteiger partial charge in [-0.05, 0) is 55.0 Å². The number of nitrogens with zero attached hydrogens (tertiary/aromatic N) is 3. The second-order valence-corrected chi connectivity index (χ2v) is 6.73. The maximum Gasteiger partial charge on any atom is 0.134 e. The highest BCUT2D eigenvalue weighted by Crippen LogP contribution is 2.27. The number of ether oxygens (including phenoxy) is 2. The first-order chi connectivity index (χ1) is 14.6. The van der Waals surface area contributed by atoms with Crippen LogP contribution in [-0.4, -0.2) is 29.2 Å². The fourth-order valence-corrected chi connectivity index (χ4v) is 3.12. The predicted molar refractivity (Wildman–Crippen MR) is 118 cm³/mol. The summed E-state index contributed by atoms with van der Waals surface area (Å²) in [5, 5.41) is 3.32. The van der Waals surface area contributed by atoms with Crippen LogP contribution in [0.15, 0.2) is 73.1 Å². The number of hydrogen-bond acceptors (Lipinski definition) is 6. The lowest BCUT2D eigenvalue weighted by atomic mass is 10.0. The van der Waals surface area contributed by atoms with Crippen molar-refractivity contribution in [3.05, 3.63) is 78.9 Å². The summed E-state index contributed by atoms with van der Waals surface area (Å²) >= 11 is 0. The van der Waals surface area contributed by atoms with E-state index < -0.39 is 0 Å². The normalized spacial score (nSPS) is 10.5. The number of methoxy groups -OCH3 is 2. The summed E-state index contributed by atoms with van der Waals surface area (Å²) in [6, 6.07) is 19.6. The Labute approximate surface area is 175 Å². The molecule has 0 aliphatic carbocycles. The van der Waals surface area contributed by atoms with Gasteiger partial charge in [-0.15, -0.1) is 0 Å². The number of anilines is 2. The molecule has 6 nitrogen and oxygen atoms in total. The van der Waals surface area contributed by atoms with Gasteiger partial charge in [0, 0.05) is 35.3 Å². The topological polar surface area (TPSA) is 69.2 Å². The maximum atomic E-state index is 5.24. The summed E-state index contributed by atoms with van der Waals surface area (Å²) in [5.41, 5.74) is 4.72. The van der Waals surface area contributed by atoms with Crippen LogP contribution < -0.4 is 14.8 Å². The van der Waals surface area contributed by atoms with Crippen LogP contribution in [0.1, 0.15) is 5.82 Å². The van der Waals surface area contributed by atoms with Crippen LogP contribution >= 0.6 is 0 Å². The number of aryl methyl sites for hydroxylation is 1. The Kier molecular flexibility index (Phi) is 5.57. The number of pyridine rings is 1. The standard InChI is InChI=1S/C24H22N4O2/c1-16-26-23(13-24(27-16)28-20-6-10-22(30-3)11-7-20)19-12-18(14-25-15-19)17-4-8-21(29-2)9-5-17/h4-15H,1-3H3,(H,26,27,28). The van der Waals surface area contributed by atoms with E-state index in [4.69, 9.17) is 9.47 Å². The maximum absolute atomic E-state index is 5.24. The van der Waals surface area contributed by atoms with Crippen molar-refractivity contribution in [3.63, 3.8) is 0 Å². The van der Waals surface area contributed by atoms with E-state index in [-0.39, 0.29) is 0 Å². The molecule has 0 radical (unpaired) electrons. The molecule has 2 heterocycles. The van der Waals surface area contributed by atoms with Crippen LogP contribution in [0.3, 0.4) is 0 Å². The third-order valence-electron chi connectivity index (χ3n) is 4.66. The van der Waals surface area contributed by atoms with Crippen molar-refractivity contribution in [2.24, 2.45) is 0 Å². The Morgan fingerprint density at radius 2 is 1.33 bits per heavy atom. The summed E-state index contributed by atoms with van der Waals surface area (Å²) in [5.74, 6) is 3.03. The van der Waals surface area contributed by atoms with Gasteiger partial charge in [0.15, 0.2) is 0 Å². The van der Waals surface area contributed by atoms with E-state index in [0.717, 1.165) is 45.4 Å². The number of rotatable bonds is 6. The first-order valence-corrected chi connectivity index (χ1v) is 9.51. The van der Waals surface area contributed by atoms with Crippen LogP contribution in [-0.2, 0) is 0 Å². The molecule has 1 N–H and O–H groups in total. The van der Waals surface area contributed by atoms with Gasteiger partial charge in [-0.1, -0.05) is 12.1 Å². The summed E-state index contributed by atoms with van der Waals surface area (Å²) in [4.78, 5) is 13.5. The van der Waals surface area contributed by atoms with Crippen molar-refractivity contribution in [2.45, 2.75) is 6.92 Å². The molecule has 6 heteroatoms. The molecule has 4 aromatic rings. The average Bonchev–Trinajstić information content (AvgIpc) is 2.79. The molecule has 2 aromatic carbocycles. The number of aromatic nitrogens is 3. The van der Waals surface area contributed by atoms with Crippen molar-refractivity contribution >= 4 is 11.5 Å².